The average Bonchev–Trinajstić information content (AvgIpc) is 3.18. The second kappa shape index (κ2) is 10.1. The van der Waals surface area contributed by atoms with Gasteiger partial charge in [0, 0.05) is 18.3 Å². The number of urea groups is 1. The number of rotatable bonds is 6. The molecule has 1 atom stereocenters. The van der Waals surface area contributed by atoms with Crippen molar-refractivity contribution in [1.82, 2.24) is 20.1 Å². The van der Waals surface area contributed by atoms with E-state index in [4.69, 9.17) is 0 Å². The Bertz CT molecular complexity index is 1160. The number of imide groups is 1. The summed E-state index contributed by atoms with van der Waals surface area (Å²) >= 11 is 1.16. The van der Waals surface area contributed by atoms with E-state index in [0.29, 0.717) is 16.5 Å². The number of anilines is 2. The molecule has 0 spiro atoms. The van der Waals surface area contributed by atoms with Gasteiger partial charge in [0.2, 0.25) is 11.8 Å². The number of nitrogens with zero attached hydrogens (tertiary/aromatic N) is 3. The third-order valence-electron chi connectivity index (χ3n) is 4.48. The number of thioether (sulfide) groups is 1. The first-order valence-corrected chi connectivity index (χ1v) is 10.7. The molecule has 10 heteroatoms. The van der Waals surface area contributed by atoms with Crippen molar-refractivity contribution in [2.45, 2.75) is 38.1 Å². The molecule has 1 heterocycles. The number of hydrogen-bond acceptors (Lipinski definition) is 6. The van der Waals surface area contributed by atoms with E-state index >= 15 is 0 Å². The molecule has 166 valence electrons. The van der Waals surface area contributed by atoms with Crippen LogP contribution in [0.5, 0.6) is 0 Å². The zero-order valence-corrected chi connectivity index (χ0v) is 19.0. The molecule has 3 aromatic rings. The van der Waals surface area contributed by atoms with Gasteiger partial charge in [-0.25, -0.2) is 4.79 Å². The number of aryl methyl sites for hydroxylation is 2. The minimum absolute atomic E-state index is 0.176. The predicted molar refractivity (Wildman–Crippen MR) is 124 cm³/mol. The number of benzene rings is 2. The lowest BCUT2D eigenvalue weighted by atomic mass is 10.1. The Hall–Kier alpha value is -3.66. The monoisotopic (exact) mass is 452 g/mol. The standard InChI is InChI=1S/C22H24N6O3S/c1-13-8-9-19(14(2)10-13)25-21(31)26-20(30)15(3)32-22-27-23-12-28(22)18-7-5-6-17(11-18)24-16(4)29/h5-12,15H,1-4H3,(H,24,29)(H2,25,26,30,31). The molecular weight excluding hydrogens is 428 g/mol. The van der Waals surface area contributed by atoms with Crippen molar-refractivity contribution < 1.29 is 14.4 Å². The van der Waals surface area contributed by atoms with Crippen LogP contribution in [0.2, 0.25) is 0 Å². The number of aromatic nitrogens is 3. The quantitative estimate of drug-likeness (QED) is 0.491. The highest BCUT2D eigenvalue weighted by Gasteiger charge is 2.20. The van der Waals surface area contributed by atoms with Gasteiger partial charge in [0.05, 0.1) is 10.9 Å². The van der Waals surface area contributed by atoms with Crippen molar-refractivity contribution in [2.24, 2.45) is 0 Å². The summed E-state index contributed by atoms with van der Waals surface area (Å²) in [6, 6.07) is 12.2. The molecule has 32 heavy (non-hydrogen) atoms. The van der Waals surface area contributed by atoms with Crippen LogP contribution in [-0.2, 0) is 9.59 Å². The zero-order valence-electron chi connectivity index (χ0n) is 18.2. The van der Waals surface area contributed by atoms with Gasteiger partial charge in [0.25, 0.3) is 0 Å². The molecule has 3 N–H and O–H groups in total. The largest absolute Gasteiger partial charge is 0.326 e. The molecular formula is C22H24N6O3S. The highest BCUT2D eigenvalue weighted by molar-refractivity contribution is 8.00. The summed E-state index contributed by atoms with van der Waals surface area (Å²) in [7, 11) is 0. The summed E-state index contributed by atoms with van der Waals surface area (Å²) in [6.07, 6.45) is 1.52. The van der Waals surface area contributed by atoms with E-state index in [1.54, 1.807) is 35.8 Å². The van der Waals surface area contributed by atoms with Crippen molar-refractivity contribution in [3.63, 3.8) is 0 Å². The molecule has 4 amide bonds. The van der Waals surface area contributed by atoms with Crippen LogP contribution in [0.15, 0.2) is 53.9 Å². The Morgan fingerprint density at radius 3 is 2.56 bits per heavy atom. The first kappa shape index (κ1) is 23.0. The third-order valence-corrected chi connectivity index (χ3v) is 5.54. The molecule has 0 aliphatic rings. The maximum Gasteiger partial charge on any atom is 0.325 e. The number of amides is 4. The molecule has 1 unspecified atom stereocenters. The van der Waals surface area contributed by atoms with Crippen LogP contribution in [-0.4, -0.2) is 37.9 Å². The smallest absolute Gasteiger partial charge is 0.325 e. The zero-order chi connectivity index (χ0) is 23.3. The van der Waals surface area contributed by atoms with E-state index in [1.807, 2.05) is 32.0 Å². The fourth-order valence-corrected chi connectivity index (χ4v) is 3.79. The number of nitrogens with one attached hydrogen (secondary N) is 3. The Balaban J connectivity index is 1.64. The highest BCUT2D eigenvalue weighted by Crippen LogP contribution is 2.25. The van der Waals surface area contributed by atoms with Crippen molar-refractivity contribution in [3.05, 3.63) is 59.9 Å². The molecule has 2 aromatic carbocycles. The second-order valence-electron chi connectivity index (χ2n) is 7.24. The Labute approximate surface area is 190 Å². The van der Waals surface area contributed by atoms with Gasteiger partial charge in [-0.15, -0.1) is 10.2 Å². The first-order valence-electron chi connectivity index (χ1n) is 9.86. The number of carbonyl (C=O) groups excluding carboxylic acids is 3. The lowest BCUT2D eigenvalue weighted by Crippen LogP contribution is -2.39. The molecule has 0 radical (unpaired) electrons. The Kier molecular flexibility index (Phi) is 7.26. The normalized spacial score (nSPS) is 11.5. The minimum Gasteiger partial charge on any atom is -0.326 e. The summed E-state index contributed by atoms with van der Waals surface area (Å²) in [5.74, 6) is -0.635. The Morgan fingerprint density at radius 2 is 1.84 bits per heavy atom. The van der Waals surface area contributed by atoms with Crippen LogP contribution in [0.4, 0.5) is 16.2 Å². The summed E-state index contributed by atoms with van der Waals surface area (Å²) in [6.45, 7) is 6.96. The highest BCUT2D eigenvalue weighted by atomic mass is 32.2. The van der Waals surface area contributed by atoms with Crippen LogP contribution in [0, 0.1) is 13.8 Å². The predicted octanol–water partition coefficient (Wildman–Crippen LogP) is 3.67. The van der Waals surface area contributed by atoms with Gasteiger partial charge in [0.1, 0.15) is 6.33 Å². The molecule has 3 rings (SSSR count). The van der Waals surface area contributed by atoms with Gasteiger partial charge in [-0.1, -0.05) is 35.5 Å². The van der Waals surface area contributed by atoms with Crippen LogP contribution in [0.25, 0.3) is 5.69 Å². The SMILES string of the molecule is CC(=O)Nc1cccc(-n2cnnc2SC(C)C(=O)NC(=O)Nc2ccc(C)cc2C)c1. The average molecular weight is 453 g/mol. The van der Waals surface area contributed by atoms with Crippen molar-refractivity contribution in [3.8, 4) is 5.69 Å². The van der Waals surface area contributed by atoms with Gasteiger partial charge in [0.15, 0.2) is 5.16 Å². The third kappa shape index (κ3) is 5.94. The minimum atomic E-state index is -0.610. The maximum atomic E-state index is 12.5. The number of hydrogen-bond donors (Lipinski definition) is 3. The summed E-state index contributed by atoms with van der Waals surface area (Å²) < 4.78 is 1.70. The number of carbonyl (C=O) groups is 3. The second-order valence-corrected chi connectivity index (χ2v) is 8.54. The van der Waals surface area contributed by atoms with E-state index < -0.39 is 17.2 Å². The molecule has 0 saturated carbocycles. The summed E-state index contributed by atoms with van der Waals surface area (Å²) in [5, 5.41) is 15.7. The topological polar surface area (TPSA) is 118 Å². The van der Waals surface area contributed by atoms with Gasteiger partial charge >= 0.3 is 6.03 Å². The van der Waals surface area contributed by atoms with Gasteiger partial charge in [-0.05, 0) is 50.6 Å². The van der Waals surface area contributed by atoms with Gasteiger partial charge < -0.3 is 10.6 Å². The van der Waals surface area contributed by atoms with Crippen molar-refractivity contribution >= 4 is 41.0 Å². The molecule has 9 nitrogen and oxygen atoms in total. The molecule has 0 bridgehead atoms. The molecule has 0 aliphatic heterocycles. The van der Waals surface area contributed by atoms with Gasteiger partial charge in [-0.2, -0.15) is 0 Å². The summed E-state index contributed by atoms with van der Waals surface area (Å²) in [4.78, 5) is 36.1. The summed E-state index contributed by atoms with van der Waals surface area (Å²) in [5.41, 5.74) is 3.99. The first-order chi connectivity index (χ1) is 15.2. The van der Waals surface area contributed by atoms with Crippen molar-refractivity contribution in [1.29, 1.82) is 0 Å². The van der Waals surface area contributed by atoms with E-state index in [0.717, 1.165) is 28.6 Å². The lowest BCUT2D eigenvalue weighted by molar-refractivity contribution is -0.119. The van der Waals surface area contributed by atoms with Crippen LogP contribution in [0.3, 0.4) is 0 Å². The van der Waals surface area contributed by atoms with E-state index in [1.165, 1.54) is 13.3 Å². The van der Waals surface area contributed by atoms with Crippen LogP contribution in [0.1, 0.15) is 25.0 Å². The molecule has 1 aromatic heterocycles. The molecule has 0 fully saturated rings. The van der Waals surface area contributed by atoms with Gasteiger partial charge in [-0.3, -0.25) is 19.5 Å². The van der Waals surface area contributed by atoms with Crippen LogP contribution < -0.4 is 16.0 Å². The molecule has 0 aliphatic carbocycles. The molecule has 0 saturated heterocycles. The fraction of sp³-hybridized carbons (Fsp3) is 0.227. The van der Waals surface area contributed by atoms with E-state index in [-0.39, 0.29) is 5.91 Å². The maximum absolute atomic E-state index is 12.5. The van der Waals surface area contributed by atoms with E-state index in [2.05, 4.69) is 26.1 Å². The lowest BCUT2D eigenvalue weighted by Gasteiger charge is -2.14. The Morgan fingerprint density at radius 1 is 1.06 bits per heavy atom. The van der Waals surface area contributed by atoms with Crippen LogP contribution >= 0.6 is 11.8 Å². The van der Waals surface area contributed by atoms with Crippen molar-refractivity contribution in [2.75, 3.05) is 10.6 Å². The van der Waals surface area contributed by atoms with E-state index in [9.17, 15) is 14.4 Å². The fourth-order valence-electron chi connectivity index (χ4n) is 2.95.